The van der Waals surface area contributed by atoms with Gasteiger partial charge in [0.25, 0.3) is 5.82 Å². The monoisotopic (exact) mass is 224 g/mol. The summed E-state index contributed by atoms with van der Waals surface area (Å²) in [4.78, 5) is 0. The fraction of sp³-hybridized carbons (Fsp3) is 0.300. The van der Waals surface area contributed by atoms with Crippen molar-refractivity contribution >= 4 is 0 Å². The van der Waals surface area contributed by atoms with Crippen molar-refractivity contribution in [2.75, 3.05) is 0 Å². The third kappa shape index (κ3) is 2.15. The van der Waals surface area contributed by atoms with Gasteiger partial charge in [0.05, 0.1) is 14.0 Å². The molecule has 2 aromatic rings. The van der Waals surface area contributed by atoms with Crippen LogP contribution in [0.5, 0.6) is 0 Å². The highest BCUT2D eigenvalue weighted by Crippen LogP contribution is 2.09. The molecule has 0 spiro atoms. The molecule has 1 heterocycles. The van der Waals surface area contributed by atoms with Crippen LogP contribution in [0.15, 0.2) is 24.3 Å². The summed E-state index contributed by atoms with van der Waals surface area (Å²) in [6.07, 6.45) is 0. The molecule has 0 aliphatic rings. The van der Waals surface area contributed by atoms with E-state index < -0.39 is 0 Å². The normalized spacial score (nSPS) is 9.80. The number of aromatic nitrogens is 4. The molecule has 0 saturated heterocycles. The summed E-state index contributed by atoms with van der Waals surface area (Å²) >= 11 is 0. The average molecular weight is 225 g/mol. The zero-order chi connectivity index (χ0) is 10.1. The maximum Gasteiger partial charge on any atom is 0.261 e. The molecular formula is C10H13ClN4. The van der Waals surface area contributed by atoms with E-state index >= 15 is 0 Å². The molecule has 0 N–H and O–H groups in total. The summed E-state index contributed by atoms with van der Waals surface area (Å²) in [5.41, 5.74) is 2.29. The average Bonchev–Trinajstić information content (AvgIpc) is 2.50. The lowest BCUT2D eigenvalue weighted by Crippen LogP contribution is -3.00. The van der Waals surface area contributed by atoms with Crippen LogP contribution in [0.1, 0.15) is 11.4 Å². The smallest absolute Gasteiger partial charge is 0.261 e. The Hall–Kier alpha value is -1.42. The molecule has 15 heavy (non-hydrogen) atoms. The largest absolute Gasteiger partial charge is 1.00 e. The first-order chi connectivity index (χ1) is 6.68. The maximum atomic E-state index is 4.04. The molecule has 80 valence electrons. The summed E-state index contributed by atoms with van der Waals surface area (Å²) in [6.45, 7) is 4.05. The van der Waals surface area contributed by atoms with E-state index in [2.05, 4.69) is 29.5 Å². The summed E-state index contributed by atoms with van der Waals surface area (Å²) in [5, 5.41) is 7.99. The van der Waals surface area contributed by atoms with Crippen molar-refractivity contribution in [1.29, 1.82) is 0 Å². The van der Waals surface area contributed by atoms with Crippen LogP contribution in [-0.4, -0.2) is 19.8 Å². The van der Waals surface area contributed by atoms with E-state index in [9.17, 15) is 0 Å². The van der Waals surface area contributed by atoms with Crippen LogP contribution < -0.4 is 12.4 Å². The molecule has 0 amide bonds. The van der Waals surface area contributed by atoms with Crippen LogP contribution in [0.25, 0.3) is 5.69 Å². The minimum atomic E-state index is 0. The molecule has 0 radical (unpaired) electrons. The van der Waals surface area contributed by atoms with Gasteiger partial charge in [0, 0.05) is 12.1 Å². The van der Waals surface area contributed by atoms with Gasteiger partial charge in [-0.15, -0.1) is 0 Å². The van der Waals surface area contributed by atoms with Gasteiger partial charge >= 0.3 is 0 Å². The number of benzene rings is 1. The van der Waals surface area contributed by atoms with Gasteiger partial charge in [0.2, 0.25) is 5.69 Å². The molecule has 0 aliphatic heterocycles. The number of nitrogens with zero attached hydrogens (tertiary/aromatic N) is 4. The second kappa shape index (κ2) is 4.40. The molecule has 0 saturated carbocycles. The molecule has 4 nitrogen and oxygen atoms in total. The van der Waals surface area contributed by atoms with Crippen molar-refractivity contribution in [3.05, 3.63) is 35.7 Å². The molecule has 1 aromatic heterocycles. The van der Waals surface area contributed by atoms with E-state index in [4.69, 9.17) is 0 Å². The van der Waals surface area contributed by atoms with Gasteiger partial charge in [-0.25, -0.2) is 0 Å². The second-order valence-electron chi connectivity index (χ2n) is 3.40. The lowest BCUT2D eigenvalue weighted by molar-refractivity contribution is -0.00000322. The highest BCUT2D eigenvalue weighted by Gasteiger charge is 2.13. The Morgan fingerprint density at radius 2 is 1.73 bits per heavy atom. The van der Waals surface area contributed by atoms with Crippen molar-refractivity contribution in [2.24, 2.45) is 7.05 Å². The summed E-state index contributed by atoms with van der Waals surface area (Å²) in [6, 6.07) is 8.21. The Morgan fingerprint density at radius 1 is 1.13 bits per heavy atom. The minimum Gasteiger partial charge on any atom is -1.00 e. The summed E-state index contributed by atoms with van der Waals surface area (Å²) < 4.78 is 3.57. The maximum absolute atomic E-state index is 4.04. The second-order valence-corrected chi connectivity index (χ2v) is 3.40. The zero-order valence-electron chi connectivity index (χ0n) is 8.98. The molecule has 5 heteroatoms. The lowest BCUT2D eigenvalue weighted by atomic mass is 10.2. The van der Waals surface area contributed by atoms with E-state index in [1.807, 2.05) is 30.8 Å². The SMILES string of the molecule is Cc1ccc(-n2nnn(C)[c+]2C)cc1.[Cl-]. The van der Waals surface area contributed by atoms with Gasteiger partial charge in [0.15, 0.2) is 0 Å². The quantitative estimate of drug-likeness (QED) is 0.554. The van der Waals surface area contributed by atoms with Crippen LogP contribution in [0.4, 0.5) is 0 Å². The Bertz CT molecular complexity index is 447. The van der Waals surface area contributed by atoms with E-state index in [0.717, 1.165) is 11.5 Å². The van der Waals surface area contributed by atoms with Gasteiger partial charge in [-0.05, 0) is 39.7 Å². The first kappa shape index (κ1) is 11.7. The Morgan fingerprint density at radius 3 is 2.20 bits per heavy atom. The van der Waals surface area contributed by atoms with Crippen molar-refractivity contribution in [1.82, 2.24) is 19.8 Å². The molecule has 1 aromatic carbocycles. The lowest BCUT2D eigenvalue weighted by Gasteiger charge is -1.92. The number of hydrogen-bond acceptors (Lipinski definition) is 2. The van der Waals surface area contributed by atoms with Crippen molar-refractivity contribution in [3.63, 3.8) is 0 Å². The predicted octanol–water partition coefficient (Wildman–Crippen LogP) is -1.49. The van der Waals surface area contributed by atoms with E-state index in [1.165, 1.54) is 5.56 Å². The molecular weight excluding hydrogens is 212 g/mol. The molecule has 2 rings (SSSR count). The van der Waals surface area contributed by atoms with E-state index in [0.29, 0.717) is 0 Å². The standard InChI is InChI=1S/C10H13N4.ClH/c1-8-4-6-10(7-5-8)14-9(2)13(3)11-12-14;/h4-7H,1-3H3;1H/q+1;/p-1. The van der Waals surface area contributed by atoms with Crippen LogP contribution in [0, 0.1) is 13.8 Å². The molecule has 0 atom stereocenters. The van der Waals surface area contributed by atoms with Gasteiger partial charge in [-0.2, -0.15) is 4.68 Å². The highest BCUT2D eigenvalue weighted by atomic mass is 35.5. The van der Waals surface area contributed by atoms with Gasteiger partial charge in [-0.1, -0.05) is 0 Å². The minimum absolute atomic E-state index is 0. The molecule has 0 bridgehead atoms. The molecule has 0 fully saturated rings. The third-order valence-corrected chi connectivity index (χ3v) is 2.32. The number of halogens is 1. The van der Waals surface area contributed by atoms with E-state index in [-0.39, 0.29) is 12.4 Å². The van der Waals surface area contributed by atoms with Crippen LogP contribution >= 0.6 is 0 Å². The third-order valence-electron chi connectivity index (χ3n) is 2.32. The van der Waals surface area contributed by atoms with Crippen molar-refractivity contribution in [3.8, 4) is 5.69 Å². The van der Waals surface area contributed by atoms with Crippen molar-refractivity contribution in [2.45, 2.75) is 13.8 Å². The summed E-state index contributed by atoms with van der Waals surface area (Å²) in [7, 11) is 1.88. The summed E-state index contributed by atoms with van der Waals surface area (Å²) in [5.74, 6) is 1.01. The Kier molecular flexibility index (Phi) is 3.42. The van der Waals surface area contributed by atoms with Crippen LogP contribution in [0.3, 0.4) is 0 Å². The number of rotatable bonds is 1. The Labute approximate surface area is 94.9 Å². The number of tetrazole rings is 1. The van der Waals surface area contributed by atoms with Crippen LogP contribution in [0.2, 0.25) is 0 Å². The van der Waals surface area contributed by atoms with Crippen LogP contribution in [-0.2, 0) is 7.05 Å². The number of aryl methyl sites for hydroxylation is 2. The van der Waals surface area contributed by atoms with Gasteiger partial charge in [-0.3, -0.25) is 0 Å². The van der Waals surface area contributed by atoms with Gasteiger partial charge in [0.1, 0.15) is 0 Å². The number of hydrogen-bond donors (Lipinski definition) is 0. The van der Waals surface area contributed by atoms with Gasteiger partial charge < -0.3 is 12.4 Å². The first-order valence-electron chi connectivity index (χ1n) is 4.54. The predicted molar refractivity (Wildman–Crippen MR) is 54.2 cm³/mol. The first-order valence-corrected chi connectivity index (χ1v) is 4.54. The molecule has 0 aliphatic carbocycles. The topological polar surface area (TPSA) is 35.6 Å². The molecule has 0 unspecified atom stereocenters. The highest BCUT2D eigenvalue weighted by molar-refractivity contribution is 5.33. The zero-order valence-corrected chi connectivity index (χ0v) is 9.73. The Balaban J connectivity index is 0.00000112. The van der Waals surface area contributed by atoms with Crippen molar-refractivity contribution < 1.29 is 12.4 Å². The fourth-order valence-electron chi connectivity index (χ4n) is 1.29. The van der Waals surface area contributed by atoms with E-state index in [1.54, 1.807) is 4.68 Å². The fourth-order valence-corrected chi connectivity index (χ4v) is 1.29.